The van der Waals surface area contributed by atoms with E-state index in [1.54, 1.807) is 13.2 Å². The predicted octanol–water partition coefficient (Wildman–Crippen LogP) is 3.14. The standard InChI is InChI=1S/C21H24N2O5S2/c1-28-16-9-3-2-7-14(16)13-17-19(25)23(21(29)30-17)12-6-10-18(24)22-11-5-4-8-15(22)20(26)27/h2-3,7,9,13,15H,4-6,8,10-12H2,1H3,(H,26,27)/b17-13-/t15-/m1/s1. The third-order valence-electron chi connectivity index (χ3n) is 5.18. The molecule has 7 nitrogen and oxygen atoms in total. The lowest BCUT2D eigenvalue weighted by molar-refractivity contribution is -0.152. The first-order chi connectivity index (χ1) is 14.4. The van der Waals surface area contributed by atoms with Gasteiger partial charge in [0.2, 0.25) is 5.91 Å². The van der Waals surface area contributed by atoms with Crippen LogP contribution in [0.5, 0.6) is 5.75 Å². The Bertz CT molecular complexity index is 886. The molecule has 0 spiro atoms. The summed E-state index contributed by atoms with van der Waals surface area (Å²) in [6.45, 7) is 0.795. The van der Waals surface area contributed by atoms with Crippen LogP contribution in [-0.2, 0) is 14.4 Å². The van der Waals surface area contributed by atoms with Gasteiger partial charge < -0.3 is 14.7 Å². The molecule has 1 aromatic rings. The average Bonchev–Trinajstić information content (AvgIpc) is 3.01. The number of para-hydroxylation sites is 1. The van der Waals surface area contributed by atoms with Gasteiger partial charge in [0.05, 0.1) is 12.0 Å². The molecule has 1 atom stereocenters. The maximum Gasteiger partial charge on any atom is 0.326 e. The Balaban J connectivity index is 1.59. The van der Waals surface area contributed by atoms with Crippen LogP contribution in [0.15, 0.2) is 29.2 Å². The fourth-order valence-corrected chi connectivity index (χ4v) is 4.94. The monoisotopic (exact) mass is 448 g/mol. The molecule has 0 aliphatic carbocycles. The van der Waals surface area contributed by atoms with Crippen LogP contribution >= 0.6 is 24.0 Å². The van der Waals surface area contributed by atoms with Crippen molar-refractivity contribution >= 4 is 52.2 Å². The molecular formula is C21H24N2O5S2. The first kappa shape index (κ1) is 22.3. The second-order valence-corrected chi connectivity index (χ2v) is 8.79. The van der Waals surface area contributed by atoms with Crippen LogP contribution in [0.4, 0.5) is 0 Å². The second-order valence-electron chi connectivity index (χ2n) is 7.12. The van der Waals surface area contributed by atoms with Gasteiger partial charge in [-0.05, 0) is 37.8 Å². The molecule has 0 unspecified atom stereocenters. The summed E-state index contributed by atoms with van der Waals surface area (Å²) < 4.78 is 5.78. The number of benzene rings is 1. The van der Waals surface area contributed by atoms with Crippen molar-refractivity contribution < 1.29 is 24.2 Å². The zero-order valence-corrected chi connectivity index (χ0v) is 18.3. The maximum absolute atomic E-state index is 12.8. The Kier molecular flexibility index (Phi) is 7.49. The summed E-state index contributed by atoms with van der Waals surface area (Å²) in [5, 5.41) is 9.33. The van der Waals surface area contributed by atoms with Gasteiger partial charge in [0.15, 0.2) is 0 Å². The first-order valence-corrected chi connectivity index (χ1v) is 11.1. The molecule has 1 N–H and O–H groups in total. The fraction of sp³-hybridized carbons (Fsp3) is 0.429. The Morgan fingerprint density at radius 3 is 2.83 bits per heavy atom. The topological polar surface area (TPSA) is 87.2 Å². The number of thioether (sulfide) groups is 1. The van der Waals surface area contributed by atoms with Crippen molar-refractivity contribution in [2.75, 3.05) is 20.2 Å². The quantitative estimate of drug-likeness (QED) is 0.506. The van der Waals surface area contributed by atoms with Crippen LogP contribution < -0.4 is 4.74 Å². The molecule has 1 aromatic carbocycles. The van der Waals surface area contributed by atoms with Crippen molar-refractivity contribution in [3.63, 3.8) is 0 Å². The molecule has 160 valence electrons. The molecule has 2 aliphatic heterocycles. The van der Waals surface area contributed by atoms with Crippen LogP contribution in [0.3, 0.4) is 0 Å². The molecule has 2 fully saturated rings. The molecule has 30 heavy (non-hydrogen) atoms. The summed E-state index contributed by atoms with van der Waals surface area (Å²) in [5.41, 5.74) is 0.792. The molecule has 2 heterocycles. The molecule has 2 saturated heterocycles. The zero-order valence-electron chi connectivity index (χ0n) is 16.7. The number of piperidine rings is 1. The Hall–Kier alpha value is -2.39. The van der Waals surface area contributed by atoms with E-state index in [0.29, 0.717) is 40.9 Å². The minimum Gasteiger partial charge on any atom is -0.496 e. The normalized spacial score (nSPS) is 20.7. The third-order valence-corrected chi connectivity index (χ3v) is 6.56. The van der Waals surface area contributed by atoms with Crippen molar-refractivity contribution in [2.24, 2.45) is 0 Å². The van der Waals surface area contributed by atoms with Gasteiger partial charge in [-0.25, -0.2) is 4.79 Å². The van der Waals surface area contributed by atoms with E-state index in [1.807, 2.05) is 24.3 Å². The van der Waals surface area contributed by atoms with Crippen LogP contribution in [0.25, 0.3) is 6.08 Å². The van der Waals surface area contributed by atoms with E-state index in [2.05, 4.69) is 0 Å². The highest BCUT2D eigenvalue weighted by Gasteiger charge is 2.34. The molecule has 0 saturated carbocycles. The minimum atomic E-state index is -0.957. The van der Waals surface area contributed by atoms with E-state index in [-0.39, 0.29) is 18.2 Å². The van der Waals surface area contributed by atoms with Gasteiger partial charge in [0.25, 0.3) is 5.91 Å². The minimum absolute atomic E-state index is 0.183. The van der Waals surface area contributed by atoms with E-state index < -0.39 is 12.0 Å². The average molecular weight is 449 g/mol. The molecule has 0 radical (unpaired) electrons. The molecule has 0 aromatic heterocycles. The first-order valence-electron chi connectivity index (χ1n) is 9.83. The van der Waals surface area contributed by atoms with Crippen LogP contribution in [0.2, 0.25) is 0 Å². The Labute approximate surface area is 185 Å². The van der Waals surface area contributed by atoms with E-state index in [0.717, 1.165) is 18.4 Å². The number of likely N-dealkylation sites (tertiary alicyclic amines) is 1. The van der Waals surface area contributed by atoms with Gasteiger partial charge >= 0.3 is 5.97 Å². The maximum atomic E-state index is 12.8. The highest BCUT2D eigenvalue weighted by molar-refractivity contribution is 8.26. The Morgan fingerprint density at radius 2 is 2.10 bits per heavy atom. The van der Waals surface area contributed by atoms with Crippen LogP contribution in [0.1, 0.15) is 37.7 Å². The second kappa shape index (κ2) is 10.1. The van der Waals surface area contributed by atoms with Crippen LogP contribution in [-0.4, -0.2) is 63.3 Å². The number of carbonyl (C=O) groups is 3. The van der Waals surface area contributed by atoms with E-state index >= 15 is 0 Å². The molecule has 0 bridgehead atoms. The number of rotatable bonds is 7. The summed E-state index contributed by atoms with van der Waals surface area (Å²) in [6.07, 6.45) is 4.49. The number of hydrogen-bond donors (Lipinski definition) is 1. The van der Waals surface area contributed by atoms with Crippen molar-refractivity contribution in [3.05, 3.63) is 34.7 Å². The number of amides is 2. The van der Waals surface area contributed by atoms with Gasteiger partial charge in [-0.3, -0.25) is 14.5 Å². The number of nitrogens with zero attached hydrogens (tertiary/aromatic N) is 2. The number of methoxy groups -OCH3 is 1. The van der Waals surface area contributed by atoms with Crippen LogP contribution in [0, 0.1) is 0 Å². The van der Waals surface area contributed by atoms with E-state index in [9.17, 15) is 19.5 Å². The lowest BCUT2D eigenvalue weighted by Crippen LogP contribution is -2.48. The van der Waals surface area contributed by atoms with Gasteiger partial charge in [0.1, 0.15) is 16.1 Å². The number of ether oxygens (including phenoxy) is 1. The molecule has 2 aliphatic rings. The SMILES string of the molecule is COc1ccccc1/C=C1\SC(=S)N(CCCC(=O)N2CCCC[C@@H]2C(=O)O)C1=O. The number of hydrogen-bond acceptors (Lipinski definition) is 6. The van der Waals surface area contributed by atoms with Crippen molar-refractivity contribution in [1.82, 2.24) is 9.80 Å². The van der Waals surface area contributed by atoms with E-state index in [4.69, 9.17) is 17.0 Å². The zero-order chi connectivity index (χ0) is 21.7. The third kappa shape index (κ3) is 5.02. The number of carbonyl (C=O) groups excluding carboxylic acids is 2. The lowest BCUT2D eigenvalue weighted by Gasteiger charge is -2.33. The van der Waals surface area contributed by atoms with Crippen molar-refractivity contribution in [3.8, 4) is 5.75 Å². The Morgan fingerprint density at radius 1 is 1.33 bits per heavy atom. The summed E-state index contributed by atoms with van der Waals surface area (Å²) in [5.74, 6) is -0.661. The molecule has 9 heteroatoms. The number of aliphatic carboxylic acids is 1. The van der Waals surface area contributed by atoms with E-state index in [1.165, 1.54) is 21.6 Å². The van der Waals surface area contributed by atoms with Gasteiger partial charge in [-0.1, -0.05) is 42.2 Å². The lowest BCUT2D eigenvalue weighted by atomic mass is 10.0. The number of carboxylic acids is 1. The summed E-state index contributed by atoms with van der Waals surface area (Å²) in [6, 6.07) is 6.66. The highest BCUT2D eigenvalue weighted by Crippen LogP contribution is 2.34. The number of thiocarbonyl (C=S) groups is 1. The smallest absolute Gasteiger partial charge is 0.326 e. The highest BCUT2D eigenvalue weighted by atomic mass is 32.2. The molecular weight excluding hydrogens is 424 g/mol. The van der Waals surface area contributed by atoms with Gasteiger partial charge in [0, 0.05) is 25.1 Å². The van der Waals surface area contributed by atoms with Crippen molar-refractivity contribution in [2.45, 2.75) is 38.1 Å². The van der Waals surface area contributed by atoms with Gasteiger partial charge in [-0.2, -0.15) is 0 Å². The van der Waals surface area contributed by atoms with Gasteiger partial charge in [-0.15, -0.1) is 0 Å². The number of carboxylic acid groups (broad SMARTS) is 1. The summed E-state index contributed by atoms with van der Waals surface area (Å²) in [7, 11) is 1.58. The molecule has 3 rings (SSSR count). The summed E-state index contributed by atoms with van der Waals surface area (Å²) in [4.78, 5) is 40.2. The summed E-state index contributed by atoms with van der Waals surface area (Å²) >= 11 is 6.58. The molecule has 2 amide bonds. The fourth-order valence-electron chi connectivity index (χ4n) is 3.64. The van der Waals surface area contributed by atoms with Crippen molar-refractivity contribution in [1.29, 1.82) is 0 Å². The largest absolute Gasteiger partial charge is 0.496 e. The predicted molar refractivity (Wildman–Crippen MR) is 119 cm³/mol.